The van der Waals surface area contributed by atoms with Crippen molar-refractivity contribution in [2.75, 3.05) is 6.54 Å². The maximum Gasteiger partial charge on any atom is 0.106 e. The number of pyridine rings is 1. The van der Waals surface area contributed by atoms with Crippen molar-refractivity contribution < 1.29 is 4.42 Å². The van der Waals surface area contributed by atoms with Crippen molar-refractivity contribution in [2.45, 2.75) is 40.7 Å². The van der Waals surface area contributed by atoms with Gasteiger partial charge in [-0.3, -0.25) is 4.98 Å². The van der Waals surface area contributed by atoms with Gasteiger partial charge in [0.2, 0.25) is 0 Å². The van der Waals surface area contributed by atoms with E-state index in [0.29, 0.717) is 0 Å². The maximum atomic E-state index is 5.77. The number of aromatic nitrogens is 1. The first-order valence-electron chi connectivity index (χ1n) is 6.76. The summed E-state index contributed by atoms with van der Waals surface area (Å²) in [6, 6.07) is 2.20. The van der Waals surface area contributed by atoms with E-state index in [1.807, 2.05) is 26.2 Å². The Kier molecular flexibility index (Phi) is 4.05. The molecule has 0 spiro atoms. The fourth-order valence-corrected chi connectivity index (χ4v) is 2.58. The lowest BCUT2D eigenvalue weighted by molar-refractivity contribution is 0.494. The van der Waals surface area contributed by atoms with E-state index in [4.69, 9.17) is 4.42 Å². The molecular weight excluding hydrogens is 236 g/mol. The summed E-state index contributed by atoms with van der Waals surface area (Å²) in [6.07, 6.45) is 3.78. The van der Waals surface area contributed by atoms with Crippen LogP contribution in [0.2, 0.25) is 0 Å². The van der Waals surface area contributed by atoms with Crippen LogP contribution in [0, 0.1) is 27.7 Å². The molecule has 102 valence electrons. The molecule has 1 unspecified atom stereocenters. The minimum atomic E-state index is 0.149. The molecule has 0 fully saturated rings. The Hall–Kier alpha value is -1.61. The van der Waals surface area contributed by atoms with Crippen molar-refractivity contribution in [3.63, 3.8) is 0 Å². The first kappa shape index (κ1) is 13.8. The summed E-state index contributed by atoms with van der Waals surface area (Å²) in [7, 11) is 0. The molecule has 2 aromatic heterocycles. The van der Waals surface area contributed by atoms with Gasteiger partial charge in [0.15, 0.2) is 0 Å². The molecule has 0 saturated carbocycles. The van der Waals surface area contributed by atoms with Gasteiger partial charge in [-0.15, -0.1) is 0 Å². The number of rotatable bonds is 4. The molecule has 0 aliphatic heterocycles. The largest absolute Gasteiger partial charge is 0.466 e. The summed E-state index contributed by atoms with van der Waals surface area (Å²) in [4.78, 5) is 4.27. The van der Waals surface area contributed by atoms with Crippen LogP contribution in [0.4, 0.5) is 0 Å². The smallest absolute Gasteiger partial charge is 0.106 e. The molecule has 0 amide bonds. The van der Waals surface area contributed by atoms with Gasteiger partial charge in [-0.1, -0.05) is 6.92 Å². The van der Waals surface area contributed by atoms with Crippen molar-refractivity contribution in [1.82, 2.24) is 10.3 Å². The summed E-state index contributed by atoms with van der Waals surface area (Å²) in [5.74, 6) is 1.99. The first-order valence-corrected chi connectivity index (χ1v) is 6.76. The van der Waals surface area contributed by atoms with Crippen LogP contribution in [0.1, 0.15) is 46.7 Å². The molecule has 0 saturated heterocycles. The molecule has 19 heavy (non-hydrogen) atoms. The molecule has 1 N–H and O–H groups in total. The van der Waals surface area contributed by atoms with E-state index < -0.39 is 0 Å². The number of hydrogen-bond acceptors (Lipinski definition) is 3. The van der Waals surface area contributed by atoms with E-state index in [9.17, 15) is 0 Å². The highest BCUT2D eigenvalue weighted by atomic mass is 16.3. The quantitative estimate of drug-likeness (QED) is 0.910. The average Bonchev–Trinajstić information content (AvgIpc) is 2.62. The van der Waals surface area contributed by atoms with Crippen LogP contribution < -0.4 is 5.32 Å². The van der Waals surface area contributed by atoms with Crippen LogP contribution in [0.15, 0.2) is 22.9 Å². The normalized spacial score (nSPS) is 12.7. The zero-order valence-electron chi connectivity index (χ0n) is 12.4. The Bertz CT molecular complexity index is 572. The highest BCUT2D eigenvalue weighted by Gasteiger charge is 2.23. The van der Waals surface area contributed by atoms with E-state index >= 15 is 0 Å². The predicted molar refractivity (Wildman–Crippen MR) is 77.4 cm³/mol. The number of furan rings is 1. The third kappa shape index (κ3) is 2.56. The highest BCUT2D eigenvalue weighted by molar-refractivity contribution is 5.42. The molecule has 2 rings (SSSR count). The molecule has 2 aromatic rings. The van der Waals surface area contributed by atoms with E-state index in [2.05, 4.69) is 37.1 Å². The minimum absolute atomic E-state index is 0.149. The van der Waals surface area contributed by atoms with Gasteiger partial charge in [0.05, 0.1) is 6.04 Å². The number of nitrogens with one attached hydrogen (secondary N) is 1. The lowest BCUT2D eigenvalue weighted by Gasteiger charge is -2.20. The van der Waals surface area contributed by atoms with Gasteiger partial charge in [-0.25, -0.2) is 0 Å². The summed E-state index contributed by atoms with van der Waals surface area (Å²) >= 11 is 0. The molecule has 2 heterocycles. The number of hydrogen-bond donors (Lipinski definition) is 1. The SMILES string of the molecule is CCNC(c1cnccc1C)c1c(C)oc(C)c1C. The summed E-state index contributed by atoms with van der Waals surface area (Å²) in [5, 5.41) is 3.55. The van der Waals surface area contributed by atoms with Gasteiger partial charge < -0.3 is 9.73 Å². The van der Waals surface area contributed by atoms with Crippen LogP contribution in [0.3, 0.4) is 0 Å². The van der Waals surface area contributed by atoms with Crippen molar-refractivity contribution in [3.8, 4) is 0 Å². The van der Waals surface area contributed by atoms with Gasteiger partial charge in [-0.05, 0) is 57.0 Å². The zero-order chi connectivity index (χ0) is 14.0. The zero-order valence-corrected chi connectivity index (χ0v) is 12.4. The maximum absolute atomic E-state index is 5.77. The van der Waals surface area contributed by atoms with Gasteiger partial charge in [0, 0.05) is 18.0 Å². The van der Waals surface area contributed by atoms with E-state index in [-0.39, 0.29) is 6.04 Å². The van der Waals surface area contributed by atoms with E-state index in [0.717, 1.165) is 18.1 Å². The Morgan fingerprint density at radius 3 is 2.47 bits per heavy atom. The van der Waals surface area contributed by atoms with Crippen LogP contribution in [0.25, 0.3) is 0 Å². The standard InChI is InChI=1S/C16H22N2O/c1-6-18-16(14-9-17-8-7-10(14)2)15-11(3)12(4)19-13(15)5/h7-9,16,18H,6H2,1-5H3. The second-order valence-electron chi connectivity index (χ2n) is 4.98. The van der Waals surface area contributed by atoms with Gasteiger partial charge in [0.25, 0.3) is 0 Å². The van der Waals surface area contributed by atoms with Gasteiger partial charge >= 0.3 is 0 Å². The summed E-state index contributed by atoms with van der Waals surface area (Å²) < 4.78 is 5.77. The molecular formula is C16H22N2O. The Morgan fingerprint density at radius 2 is 1.95 bits per heavy atom. The van der Waals surface area contributed by atoms with Crippen molar-refractivity contribution >= 4 is 0 Å². The van der Waals surface area contributed by atoms with Crippen LogP contribution in [-0.2, 0) is 0 Å². The highest BCUT2D eigenvalue weighted by Crippen LogP contribution is 2.32. The summed E-state index contributed by atoms with van der Waals surface area (Å²) in [5.41, 5.74) is 4.94. The molecule has 0 radical (unpaired) electrons. The Balaban J connectivity index is 2.55. The third-order valence-electron chi connectivity index (χ3n) is 3.71. The van der Waals surface area contributed by atoms with Crippen molar-refractivity contribution in [3.05, 3.63) is 52.2 Å². The third-order valence-corrected chi connectivity index (χ3v) is 3.71. The molecule has 3 nitrogen and oxygen atoms in total. The fraction of sp³-hybridized carbons (Fsp3) is 0.438. The summed E-state index contributed by atoms with van der Waals surface area (Å²) in [6.45, 7) is 11.3. The molecule has 0 aliphatic carbocycles. The van der Waals surface area contributed by atoms with Crippen molar-refractivity contribution in [1.29, 1.82) is 0 Å². The van der Waals surface area contributed by atoms with Crippen LogP contribution >= 0.6 is 0 Å². The molecule has 0 bridgehead atoms. The van der Waals surface area contributed by atoms with E-state index in [1.54, 1.807) is 0 Å². The first-order chi connectivity index (χ1) is 9.06. The predicted octanol–water partition coefficient (Wildman–Crippen LogP) is 3.61. The molecule has 0 aliphatic rings. The van der Waals surface area contributed by atoms with Gasteiger partial charge in [0.1, 0.15) is 11.5 Å². The minimum Gasteiger partial charge on any atom is -0.466 e. The van der Waals surface area contributed by atoms with Crippen LogP contribution in [0.5, 0.6) is 0 Å². The number of aryl methyl sites for hydroxylation is 3. The second kappa shape index (κ2) is 5.57. The molecule has 0 aromatic carbocycles. The Morgan fingerprint density at radius 1 is 1.21 bits per heavy atom. The number of nitrogens with zero attached hydrogens (tertiary/aromatic N) is 1. The Labute approximate surface area is 115 Å². The average molecular weight is 258 g/mol. The fourth-order valence-electron chi connectivity index (χ4n) is 2.58. The topological polar surface area (TPSA) is 38.1 Å². The van der Waals surface area contributed by atoms with E-state index in [1.165, 1.54) is 22.3 Å². The van der Waals surface area contributed by atoms with Gasteiger partial charge in [-0.2, -0.15) is 0 Å². The second-order valence-corrected chi connectivity index (χ2v) is 4.98. The van der Waals surface area contributed by atoms with Crippen LogP contribution in [-0.4, -0.2) is 11.5 Å². The monoisotopic (exact) mass is 258 g/mol. The van der Waals surface area contributed by atoms with Crippen molar-refractivity contribution in [2.24, 2.45) is 0 Å². The molecule has 1 atom stereocenters. The lowest BCUT2D eigenvalue weighted by Crippen LogP contribution is -2.24. The lowest BCUT2D eigenvalue weighted by atomic mass is 9.94. The molecule has 3 heteroatoms.